The Morgan fingerprint density at radius 3 is 2.10 bits per heavy atom. The molecule has 4 nitrogen and oxygen atoms in total. The van der Waals surface area contributed by atoms with E-state index in [4.69, 9.17) is 0 Å². The third-order valence-electron chi connectivity index (χ3n) is 3.05. The molecule has 0 aliphatic rings. The van der Waals surface area contributed by atoms with Crippen LogP contribution in [-0.2, 0) is 9.59 Å². The van der Waals surface area contributed by atoms with E-state index >= 15 is 0 Å². The third-order valence-corrected chi connectivity index (χ3v) is 3.91. The molecule has 0 aliphatic heterocycles. The van der Waals surface area contributed by atoms with Crippen molar-refractivity contribution in [2.45, 2.75) is 47.1 Å². The van der Waals surface area contributed by atoms with Crippen LogP contribution >= 0.6 is 15.9 Å². The van der Waals surface area contributed by atoms with E-state index in [1.54, 1.807) is 13.8 Å². The molecule has 116 valence electrons. The zero-order valence-electron chi connectivity index (χ0n) is 13.4. The van der Waals surface area contributed by atoms with Gasteiger partial charge in [0.15, 0.2) is 0 Å². The fourth-order valence-corrected chi connectivity index (χ4v) is 1.94. The number of amides is 2. The van der Waals surface area contributed by atoms with E-state index in [9.17, 15) is 9.59 Å². The molecule has 1 aromatic rings. The van der Waals surface area contributed by atoms with E-state index in [1.807, 2.05) is 45.9 Å². The van der Waals surface area contributed by atoms with Crippen molar-refractivity contribution < 1.29 is 9.59 Å². The van der Waals surface area contributed by atoms with Gasteiger partial charge in [0.05, 0.1) is 0 Å². The Morgan fingerprint density at radius 2 is 1.62 bits per heavy atom. The topological polar surface area (TPSA) is 58.2 Å². The SMILES string of the molecule is Cc1ccc(NC(=O)C(C)(C)C(=O)NC(C)(C)C)cc1Br. The molecular formula is C16H23BrN2O2. The summed E-state index contributed by atoms with van der Waals surface area (Å²) in [4.78, 5) is 24.6. The number of aryl methyl sites for hydroxylation is 1. The van der Waals surface area contributed by atoms with Crippen LogP contribution in [0, 0.1) is 12.3 Å². The maximum atomic E-state index is 12.4. The summed E-state index contributed by atoms with van der Waals surface area (Å²) in [5.41, 5.74) is 0.221. The molecule has 0 unspecified atom stereocenters. The molecule has 0 aromatic heterocycles. The highest BCUT2D eigenvalue weighted by Crippen LogP contribution is 2.24. The molecule has 2 amide bonds. The highest BCUT2D eigenvalue weighted by Gasteiger charge is 2.37. The van der Waals surface area contributed by atoms with E-state index < -0.39 is 5.41 Å². The molecule has 1 aromatic carbocycles. The van der Waals surface area contributed by atoms with Gasteiger partial charge in [0.1, 0.15) is 5.41 Å². The van der Waals surface area contributed by atoms with Gasteiger partial charge in [-0.3, -0.25) is 9.59 Å². The lowest BCUT2D eigenvalue weighted by Crippen LogP contribution is -2.51. The van der Waals surface area contributed by atoms with Gasteiger partial charge in [-0.1, -0.05) is 22.0 Å². The van der Waals surface area contributed by atoms with Gasteiger partial charge in [0.25, 0.3) is 0 Å². The molecular weight excluding hydrogens is 332 g/mol. The fraction of sp³-hybridized carbons (Fsp3) is 0.500. The van der Waals surface area contributed by atoms with Crippen LogP contribution in [0.5, 0.6) is 0 Å². The number of nitrogens with one attached hydrogen (secondary N) is 2. The number of hydrogen-bond donors (Lipinski definition) is 2. The zero-order valence-corrected chi connectivity index (χ0v) is 15.0. The smallest absolute Gasteiger partial charge is 0.239 e. The van der Waals surface area contributed by atoms with E-state index in [1.165, 1.54) is 0 Å². The van der Waals surface area contributed by atoms with Crippen LogP contribution in [0.1, 0.15) is 40.2 Å². The zero-order chi connectivity index (χ0) is 16.4. The third kappa shape index (κ3) is 4.84. The first-order valence-corrected chi connectivity index (χ1v) is 7.63. The average molecular weight is 355 g/mol. The first-order chi connectivity index (χ1) is 9.43. The molecule has 0 fully saturated rings. The summed E-state index contributed by atoms with van der Waals surface area (Å²) in [6, 6.07) is 5.54. The van der Waals surface area contributed by atoms with Crippen LogP contribution in [0.4, 0.5) is 5.69 Å². The molecule has 0 atom stereocenters. The lowest BCUT2D eigenvalue weighted by Gasteiger charge is -2.28. The average Bonchev–Trinajstić information content (AvgIpc) is 2.31. The van der Waals surface area contributed by atoms with Crippen molar-refractivity contribution in [2.24, 2.45) is 5.41 Å². The fourth-order valence-electron chi connectivity index (χ4n) is 1.56. The summed E-state index contributed by atoms with van der Waals surface area (Å²) in [5.74, 6) is -0.626. The molecule has 5 heteroatoms. The van der Waals surface area contributed by atoms with Crippen molar-refractivity contribution in [1.29, 1.82) is 0 Å². The van der Waals surface area contributed by atoms with Gasteiger partial charge in [-0.15, -0.1) is 0 Å². The summed E-state index contributed by atoms with van der Waals surface area (Å²) >= 11 is 3.42. The first kappa shape index (κ1) is 17.7. The number of rotatable bonds is 3. The minimum Gasteiger partial charge on any atom is -0.351 e. The van der Waals surface area contributed by atoms with Crippen molar-refractivity contribution in [2.75, 3.05) is 5.32 Å². The molecule has 0 saturated heterocycles. The standard InChI is InChI=1S/C16H23BrN2O2/c1-10-7-8-11(9-12(10)17)18-13(20)16(5,6)14(21)19-15(2,3)4/h7-9H,1-6H3,(H,18,20)(H,19,21). The summed E-state index contributed by atoms with van der Waals surface area (Å²) in [7, 11) is 0. The van der Waals surface area contributed by atoms with Gasteiger partial charge in [-0.25, -0.2) is 0 Å². The highest BCUT2D eigenvalue weighted by molar-refractivity contribution is 9.10. The van der Waals surface area contributed by atoms with E-state index in [0.717, 1.165) is 10.0 Å². The van der Waals surface area contributed by atoms with Crippen LogP contribution in [0.15, 0.2) is 22.7 Å². The monoisotopic (exact) mass is 354 g/mol. The Kier molecular flexibility index (Phi) is 5.20. The number of halogens is 1. The van der Waals surface area contributed by atoms with Gasteiger partial charge >= 0.3 is 0 Å². The van der Waals surface area contributed by atoms with E-state index in [0.29, 0.717) is 5.69 Å². The second-order valence-electron chi connectivity index (χ2n) is 6.75. The minimum absolute atomic E-state index is 0.293. The Balaban J connectivity index is 2.86. The lowest BCUT2D eigenvalue weighted by atomic mass is 9.89. The molecule has 0 bridgehead atoms. The van der Waals surface area contributed by atoms with Crippen LogP contribution in [0.25, 0.3) is 0 Å². The lowest BCUT2D eigenvalue weighted by molar-refractivity contribution is -0.139. The summed E-state index contributed by atoms with van der Waals surface area (Å²) in [6.07, 6.45) is 0. The summed E-state index contributed by atoms with van der Waals surface area (Å²) in [5, 5.41) is 5.62. The quantitative estimate of drug-likeness (QED) is 0.814. The predicted octanol–water partition coefficient (Wildman–Crippen LogP) is 3.64. The maximum absolute atomic E-state index is 12.4. The van der Waals surface area contributed by atoms with Gasteiger partial charge in [-0.05, 0) is 59.2 Å². The number of carbonyl (C=O) groups excluding carboxylic acids is 2. The minimum atomic E-state index is -1.15. The van der Waals surface area contributed by atoms with Crippen molar-refractivity contribution in [3.05, 3.63) is 28.2 Å². The second kappa shape index (κ2) is 6.18. The number of anilines is 1. The molecule has 2 N–H and O–H groups in total. The molecule has 0 saturated carbocycles. The number of hydrogen-bond acceptors (Lipinski definition) is 2. The van der Waals surface area contributed by atoms with Crippen LogP contribution in [-0.4, -0.2) is 17.4 Å². The largest absolute Gasteiger partial charge is 0.351 e. The van der Waals surface area contributed by atoms with Gasteiger partial charge in [0.2, 0.25) is 11.8 Å². The van der Waals surface area contributed by atoms with Crippen LogP contribution in [0.3, 0.4) is 0 Å². The van der Waals surface area contributed by atoms with Crippen molar-refractivity contribution in [1.82, 2.24) is 5.32 Å². The first-order valence-electron chi connectivity index (χ1n) is 6.84. The predicted molar refractivity (Wildman–Crippen MR) is 89.2 cm³/mol. The molecule has 1 rings (SSSR count). The Morgan fingerprint density at radius 1 is 1.05 bits per heavy atom. The number of benzene rings is 1. The molecule has 0 aliphatic carbocycles. The van der Waals surface area contributed by atoms with Crippen molar-refractivity contribution >= 4 is 33.4 Å². The molecule has 21 heavy (non-hydrogen) atoms. The Hall–Kier alpha value is -1.36. The van der Waals surface area contributed by atoms with Crippen LogP contribution in [0.2, 0.25) is 0 Å². The van der Waals surface area contributed by atoms with Gasteiger partial charge < -0.3 is 10.6 Å². The summed E-state index contributed by atoms with van der Waals surface area (Å²) < 4.78 is 0.914. The van der Waals surface area contributed by atoms with Crippen LogP contribution < -0.4 is 10.6 Å². The second-order valence-corrected chi connectivity index (χ2v) is 7.60. The van der Waals surface area contributed by atoms with Gasteiger partial charge in [0, 0.05) is 15.7 Å². The molecule has 0 radical (unpaired) electrons. The normalized spacial score (nSPS) is 12.0. The van der Waals surface area contributed by atoms with Crippen molar-refractivity contribution in [3.8, 4) is 0 Å². The molecule has 0 spiro atoms. The summed E-state index contributed by atoms with van der Waals surface area (Å²) in [6.45, 7) is 10.9. The van der Waals surface area contributed by atoms with E-state index in [-0.39, 0.29) is 17.4 Å². The molecule has 0 heterocycles. The number of carbonyl (C=O) groups is 2. The van der Waals surface area contributed by atoms with Crippen molar-refractivity contribution in [3.63, 3.8) is 0 Å². The Bertz CT molecular complexity index is 560. The maximum Gasteiger partial charge on any atom is 0.239 e. The van der Waals surface area contributed by atoms with Gasteiger partial charge in [-0.2, -0.15) is 0 Å². The van der Waals surface area contributed by atoms with E-state index in [2.05, 4.69) is 26.6 Å². The highest BCUT2D eigenvalue weighted by atomic mass is 79.9. The Labute approximate surface area is 134 Å².